The maximum absolute atomic E-state index is 10.9. The fraction of sp³-hybridized carbons (Fsp3) is 0.462. The highest BCUT2D eigenvalue weighted by atomic mass is 16.4. The van der Waals surface area contributed by atoms with Gasteiger partial charge in [0.25, 0.3) is 0 Å². The predicted octanol–water partition coefficient (Wildman–Crippen LogP) is 0.831. The quantitative estimate of drug-likeness (QED) is 0.813. The second kappa shape index (κ2) is 5.29. The third-order valence-corrected chi connectivity index (χ3v) is 3.29. The molecule has 4 heteroatoms. The summed E-state index contributed by atoms with van der Waals surface area (Å²) in [6, 6.07) is 7.66. The van der Waals surface area contributed by atoms with Crippen molar-refractivity contribution < 1.29 is 9.90 Å². The lowest BCUT2D eigenvalue weighted by Crippen LogP contribution is -2.50. The van der Waals surface area contributed by atoms with Crippen LogP contribution in [0.1, 0.15) is 15.9 Å². The number of carbonyl (C=O) groups is 1. The van der Waals surface area contributed by atoms with Gasteiger partial charge >= 0.3 is 5.97 Å². The van der Waals surface area contributed by atoms with Crippen molar-refractivity contribution in [3.05, 3.63) is 35.4 Å². The summed E-state index contributed by atoms with van der Waals surface area (Å²) in [6.45, 7) is 3.04. The minimum atomic E-state index is -0.859. The minimum Gasteiger partial charge on any atom is -0.478 e. The van der Waals surface area contributed by atoms with Crippen molar-refractivity contribution in [2.75, 3.05) is 26.7 Å². The van der Waals surface area contributed by atoms with Crippen molar-refractivity contribution in [3.63, 3.8) is 0 Å². The number of hydrogen-bond donors (Lipinski definition) is 2. The molecule has 1 heterocycles. The van der Waals surface area contributed by atoms with E-state index in [0.717, 1.165) is 31.6 Å². The van der Waals surface area contributed by atoms with E-state index in [0.29, 0.717) is 11.6 Å². The van der Waals surface area contributed by atoms with Gasteiger partial charge in [-0.15, -0.1) is 0 Å². The van der Waals surface area contributed by atoms with E-state index in [4.69, 9.17) is 5.11 Å². The van der Waals surface area contributed by atoms with Crippen LogP contribution in [0.25, 0.3) is 0 Å². The molecule has 1 aromatic carbocycles. The van der Waals surface area contributed by atoms with E-state index in [1.54, 1.807) is 12.1 Å². The molecular formula is C13H18N2O2. The first kappa shape index (κ1) is 12.1. The van der Waals surface area contributed by atoms with Crippen LogP contribution in [0.15, 0.2) is 24.3 Å². The van der Waals surface area contributed by atoms with Crippen molar-refractivity contribution in [2.45, 2.75) is 12.5 Å². The Balaban J connectivity index is 2.07. The normalized spacial score (nSPS) is 21.4. The summed E-state index contributed by atoms with van der Waals surface area (Å²) in [6.07, 6.45) is 0.893. The molecule has 1 saturated heterocycles. The number of aromatic carboxylic acids is 1. The Bertz CT molecular complexity index is 406. The molecule has 1 unspecified atom stereocenters. The van der Waals surface area contributed by atoms with Crippen molar-refractivity contribution in [2.24, 2.45) is 0 Å². The molecule has 1 aliphatic heterocycles. The molecule has 0 amide bonds. The van der Waals surface area contributed by atoms with Gasteiger partial charge in [0.1, 0.15) is 0 Å². The second-order valence-corrected chi connectivity index (χ2v) is 4.55. The van der Waals surface area contributed by atoms with Gasteiger partial charge in [-0.3, -0.25) is 0 Å². The maximum atomic E-state index is 10.9. The topological polar surface area (TPSA) is 52.6 Å². The summed E-state index contributed by atoms with van der Waals surface area (Å²) >= 11 is 0. The van der Waals surface area contributed by atoms with Gasteiger partial charge in [-0.25, -0.2) is 4.79 Å². The van der Waals surface area contributed by atoms with E-state index in [1.165, 1.54) is 0 Å². The third-order valence-electron chi connectivity index (χ3n) is 3.29. The molecular weight excluding hydrogens is 216 g/mol. The Morgan fingerprint density at radius 1 is 1.59 bits per heavy atom. The summed E-state index contributed by atoms with van der Waals surface area (Å²) < 4.78 is 0. The molecule has 92 valence electrons. The predicted molar refractivity (Wildman–Crippen MR) is 66.4 cm³/mol. The number of piperazine rings is 1. The number of carboxylic acids is 1. The molecule has 0 saturated carbocycles. The standard InChI is InChI=1S/C13H18N2O2/c1-15-6-5-14-9-12(15)8-10-3-2-4-11(7-10)13(16)17/h2-4,7,12,14H,5-6,8-9H2,1H3,(H,16,17). The molecule has 1 aromatic rings. The van der Waals surface area contributed by atoms with E-state index in [1.807, 2.05) is 12.1 Å². The van der Waals surface area contributed by atoms with Gasteiger partial charge in [-0.2, -0.15) is 0 Å². The first-order valence-corrected chi connectivity index (χ1v) is 5.90. The van der Waals surface area contributed by atoms with Crippen LogP contribution in [0.3, 0.4) is 0 Å². The number of benzene rings is 1. The Morgan fingerprint density at radius 3 is 3.12 bits per heavy atom. The van der Waals surface area contributed by atoms with E-state index in [-0.39, 0.29) is 0 Å². The third kappa shape index (κ3) is 3.05. The largest absolute Gasteiger partial charge is 0.478 e. The van der Waals surface area contributed by atoms with Crippen LogP contribution in [-0.2, 0) is 6.42 Å². The van der Waals surface area contributed by atoms with Crippen LogP contribution in [-0.4, -0.2) is 48.7 Å². The monoisotopic (exact) mass is 234 g/mol. The zero-order valence-corrected chi connectivity index (χ0v) is 10.0. The highest BCUT2D eigenvalue weighted by Crippen LogP contribution is 2.11. The van der Waals surface area contributed by atoms with E-state index in [2.05, 4.69) is 17.3 Å². The number of rotatable bonds is 3. The molecule has 0 spiro atoms. The molecule has 2 rings (SSSR count). The zero-order valence-electron chi connectivity index (χ0n) is 10.0. The number of nitrogens with one attached hydrogen (secondary N) is 1. The SMILES string of the molecule is CN1CCNCC1Cc1cccc(C(=O)O)c1. The van der Waals surface area contributed by atoms with Gasteiger partial charge in [-0.1, -0.05) is 12.1 Å². The molecule has 17 heavy (non-hydrogen) atoms. The molecule has 1 atom stereocenters. The summed E-state index contributed by atoms with van der Waals surface area (Å²) in [7, 11) is 2.12. The van der Waals surface area contributed by atoms with Crippen molar-refractivity contribution in [1.82, 2.24) is 10.2 Å². The molecule has 0 aromatic heterocycles. The number of nitrogens with zero attached hydrogens (tertiary/aromatic N) is 1. The van der Waals surface area contributed by atoms with E-state index in [9.17, 15) is 4.79 Å². The Kier molecular flexibility index (Phi) is 3.76. The van der Waals surface area contributed by atoms with Crippen LogP contribution >= 0.6 is 0 Å². The maximum Gasteiger partial charge on any atom is 0.335 e. The Labute approximate surface area is 101 Å². The molecule has 4 nitrogen and oxygen atoms in total. The van der Waals surface area contributed by atoms with Gasteiger partial charge in [-0.05, 0) is 31.2 Å². The Hall–Kier alpha value is -1.39. The minimum absolute atomic E-state index is 0.369. The molecule has 1 fully saturated rings. The summed E-state index contributed by atoms with van der Waals surface area (Å²) in [5.74, 6) is -0.859. The number of likely N-dealkylation sites (N-methyl/N-ethyl adjacent to an activating group) is 1. The van der Waals surface area contributed by atoms with Crippen molar-refractivity contribution >= 4 is 5.97 Å². The average Bonchev–Trinajstić information content (AvgIpc) is 2.32. The van der Waals surface area contributed by atoms with Gasteiger partial charge in [0, 0.05) is 25.7 Å². The lowest BCUT2D eigenvalue weighted by atomic mass is 10.0. The van der Waals surface area contributed by atoms with Crippen LogP contribution in [0, 0.1) is 0 Å². The van der Waals surface area contributed by atoms with Crippen LogP contribution in [0.4, 0.5) is 0 Å². The zero-order chi connectivity index (χ0) is 12.3. The summed E-state index contributed by atoms with van der Waals surface area (Å²) in [5.41, 5.74) is 1.46. The lowest BCUT2D eigenvalue weighted by molar-refractivity contribution is 0.0696. The smallest absolute Gasteiger partial charge is 0.335 e. The van der Waals surface area contributed by atoms with Crippen molar-refractivity contribution in [3.8, 4) is 0 Å². The van der Waals surface area contributed by atoms with Crippen LogP contribution < -0.4 is 5.32 Å². The van der Waals surface area contributed by atoms with Gasteiger partial charge in [0.2, 0.25) is 0 Å². The fourth-order valence-electron chi connectivity index (χ4n) is 2.19. The molecule has 0 aliphatic carbocycles. The van der Waals surface area contributed by atoms with Gasteiger partial charge in [0.15, 0.2) is 0 Å². The van der Waals surface area contributed by atoms with E-state index >= 15 is 0 Å². The summed E-state index contributed by atoms with van der Waals surface area (Å²) in [4.78, 5) is 13.2. The van der Waals surface area contributed by atoms with Crippen molar-refractivity contribution in [1.29, 1.82) is 0 Å². The van der Waals surface area contributed by atoms with Gasteiger partial charge < -0.3 is 15.3 Å². The lowest BCUT2D eigenvalue weighted by Gasteiger charge is -2.33. The fourth-order valence-corrected chi connectivity index (χ4v) is 2.19. The highest BCUT2D eigenvalue weighted by Gasteiger charge is 2.18. The number of hydrogen-bond acceptors (Lipinski definition) is 3. The highest BCUT2D eigenvalue weighted by molar-refractivity contribution is 5.87. The average molecular weight is 234 g/mol. The first-order valence-electron chi connectivity index (χ1n) is 5.90. The molecule has 2 N–H and O–H groups in total. The molecule has 1 aliphatic rings. The van der Waals surface area contributed by atoms with Gasteiger partial charge in [0.05, 0.1) is 5.56 Å². The number of carboxylic acid groups (broad SMARTS) is 1. The summed E-state index contributed by atoms with van der Waals surface area (Å²) in [5, 5.41) is 12.3. The Morgan fingerprint density at radius 2 is 2.41 bits per heavy atom. The van der Waals surface area contributed by atoms with E-state index < -0.39 is 5.97 Å². The van der Waals surface area contributed by atoms with Crippen LogP contribution in [0.2, 0.25) is 0 Å². The van der Waals surface area contributed by atoms with Crippen LogP contribution in [0.5, 0.6) is 0 Å². The first-order chi connectivity index (χ1) is 8.16. The second-order valence-electron chi connectivity index (χ2n) is 4.55. The molecule has 0 bridgehead atoms. The molecule has 0 radical (unpaired) electrons.